The SMILES string of the molecule is Cc1cc(Nc2nccc(C(=O)Nc3c(C)cccc3C(C)C)n2)no1. The van der Waals surface area contributed by atoms with Crippen molar-refractivity contribution in [2.75, 3.05) is 10.6 Å². The van der Waals surface area contributed by atoms with Crippen LogP contribution in [-0.4, -0.2) is 21.0 Å². The molecule has 3 aromatic rings. The Morgan fingerprint density at radius 1 is 1.19 bits per heavy atom. The molecule has 3 rings (SSSR count). The Balaban J connectivity index is 1.82. The normalized spacial score (nSPS) is 10.8. The van der Waals surface area contributed by atoms with Crippen LogP contribution in [0.15, 0.2) is 41.1 Å². The van der Waals surface area contributed by atoms with E-state index in [9.17, 15) is 4.79 Å². The number of carbonyl (C=O) groups is 1. The summed E-state index contributed by atoms with van der Waals surface area (Å²) in [6.07, 6.45) is 1.53. The quantitative estimate of drug-likeness (QED) is 0.715. The van der Waals surface area contributed by atoms with E-state index in [1.165, 1.54) is 6.20 Å². The van der Waals surface area contributed by atoms with Crippen LogP contribution in [0.2, 0.25) is 0 Å². The molecule has 0 saturated heterocycles. The van der Waals surface area contributed by atoms with E-state index < -0.39 is 0 Å². The summed E-state index contributed by atoms with van der Waals surface area (Å²) in [6.45, 7) is 7.95. The fourth-order valence-electron chi connectivity index (χ4n) is 2.61. The Bertz CT molecular complexity index is 933. The van der Waals surface area contributed by atoms with Crippen molar-refractivity contribution >= 4 is 23.4 Å². The van der Waals surface area contributed by atoms with E-state index >= 15 is 0 Å². The van der Waals surface area contributed by atoms with E-state index in [1.807, 2.05) is 25.1 Å². The first kappa shape index (κ1) is 17.6. The van der Waals surface area contributed by atoms with E-state index in [-0.39, 0.29) is 17.5 Å². The predicted octanol–water partition coefficient (Wildman–Crippen LogP) is 4.20. The second kappa shape index (κ2) is 7.35. The maximum atomic E-state index is 12.7. The van der Waals surface area contributed by atoms with Crippen molar-refractivity contribution in [1.29, 1.82) is 0 Å². The van der Waals surface area contributed by atoms with Gasteiger partial charge in [-0.2, -0.15) is 0 Å². The number of carbonyl (C=O) groups excluding carboxylic acids is 1. The van der Waals surface area contributed by atoms with Crippen molar-refractivity contribution in [3.63, 3.8) is 0 Å². The van der Waals surface area contributed by atoms with Crippen LogP contribution in [0.1, 0.15) is 47.1 Å². The standard InChI is InChI=1S/C19H21N5O2/c1-11(2)14-7-5-6-12(3)17(14)23-18(25)15-8-9-20-19(21-15)22-16-10-13(4)26-24-16/h5-11H,1-4H3,(H,23,25)(H,20,21,22,24). The van der Waals surface area contributed by atoms with Crippen molar-refractivity contribution in [2.24, 2.45) is 0 Å². The molecule has 1 amide bonds. The van der Waals surface area contributed by atoms with Gasteiger partial charge in [0.15, 0.2) is 5.82 Å². The minimum Gasteiger partial charge on any atom is -0.360 e. The predicted molar refractivity (Wildman–Crippen MR) is 99.8 cm³/mol. The maximum Gasteiger partial charge on any atom is 0.274 e. The van der Waals surface area contributed by atoms with Gasteiger partial charge in [-0.3, -0.25) is 4.79 Å². The van der Waals surface area contributed by atoms with E-state index in [0.717, 1.165) is 16.8 Å². The lowest BCUT2D eigenvalue weighted by molar-refractivity contribution is 0.102. The Labute approximate surface area is 151 Å². The third-order valence-corrected chi connectivity index (χ3v) is 3.92. The van der Waals surface area contributed by atoms with E-state index in [1.54, 1.807) is 19.1 Å². The monoisotopic (exact) mass is 351 g/mol. The Morgan fingerprint density at radius 3 is 2.69 bits per heavy atom. The van der Waals surface area contributed by atoms with Crippen LogP contribution in [0.3, 0.4) is 0 Å². The van der Waals surface area contributed by atoms with Gasteiger partial charge in [0.1, 0.15) is 11.5 Å². The van der Waals surface area contributed by atoms with Crippen LogP contribution in [0.4, 0.5) is 17.5 Å². The average Bonchev–Trinajstić information content (AvgIpc) is 3.01. The molecule has 2 aromatic heterocycles. The topological polar surface area (TPSA) is 92.9 Å². The Kier molecular flexibility index (Phi) is 4.97. The molecule has 0 unspecified atom stereocenters. The number of hydrogen-bond donors (Lipinski definition) is 2. The molecule has 26 heavy (non-hydrogen) atoms. The molecule has 0 aliphatic heterocycles. The smallest absolute Gasteiger partial charge is 0.274 e. The highest BCUT2D eigenvalue weighted by Gasteiger charge is 2.15. The van der Waals surface area contributed by atoms with Crippen molar-refractivity contribution < 1.29 is 9.32 Å². The first-order valence-electron chi connectivity index (χ1n) is 8.38. The summed E-state index contributed by atoms with van der Waals surface area (Å²) in [7, 11) is 0. The van der Waals surface area contributed by atoms with E-state index in [4.69, 9.17) is 4.52 Å². The molecule has 0 radical (unpaired) electrons. The number of rotatable bonds is 5. The molecule has 1 aromatic carbocycles. The highest BCUT2D eigenvalue weighted by Crippen LogP contribution is 2.27. The summed E-state index contributed by atoms with van der Waals surface area (Å²) in [5.41, 5.74) is 3.19. The van der Waals surface area contributed by atoms with Gasteiger partial charge < -0.3 is 15.2 Å². The lowest BCUT2D eigenvalue weighted by atomic mass is 9.98. The number of amides is 1. The second-order valence-corrected chi connectivity index (χ2v) is 6.36. The number of benzene rings is 1. The summed E-state index contributed by atoms with van der Waals surface area (Å²) in [4.78, 5) is 21.1. The van der Waals surface area contributed by atoms with Gasteiger partial charge in [-0.15, -0.1) is 0 Å². The summed E-state index contributed by atoms with van der Waals surface area (Å²) < 4.78 is 4.99. The minimum atomic E-state index is -0.289. The van der Waals surface area contributed by atoms with Crippen LogP contribution in [0, 0.1) is 13.8 Å². The molecule has 2 heterocycles. The van der Waals surface area contributed by atoms with Crippen molar-refractivity contribution in [3.05, 3.63) is 59.1 Å². The van der Waals surface area contributed by atoms with Crippen molar-refractivity contribution in [3.8, 4) is 0 Å². The number of aromatic nitrogens is 3. The van der Waals surface area contributed by atoms with Crippen LogP contribution < -0.4 is 10.6 Å². The van der Waals surface area contributed by atoms with Crippen LogP contribution >= 0.6 is 0 Å². The number of para-hydroxylation sites is 1. The molecule has 134 valence electrons. The lowest BCUT2D eigenvalue weighted by Gasteiger charge is -2.16. The third-order valence-electron chi connectivity index (χ3n) is 3.92. The molecule has 0 aliphatic rings. The van der Waals surface area contributed by atoms with Crippen LogP contribution in [0.5, 0.6) is 0 Å². The summed E-state index contributed by atoms with van der Waals surface area (Å²) in [5.74, 6) is 1.44. The average molecular weight is 351 g/mol. The van der Waals surface area contributed by atoms with Crippen molar-refractivity contribution in [1.82, 2.24) is 15.1 Å². The van der Waals surface area contributed by atoms with Gasteiger partial charge >= 0.3 is 0 Å². The molecule has 0 bridgehead atoms. The first-order valence-corrected chi connectivity index (χ1v) is 8.38. The molecule has 2 N–H and O–H groups in total. The summed E-state index contributed by atoms with van der Waals surface area (Å²) in [6, 6.07) is 9.28. The number of hydrogen-bond acceptors (Lipinski definition) is 6. The van der Waals surface area contributed by atoms with Gasteiger partial charge in [0.05, 0.1) is 0 Å². The second-order valence-electron chi connectivity index (χ2n) is 6.36. The van der Waals surface area contributed by atoms with Crippen LogP contribution in [0.25, 0.3) is 0 Å². The van der Waals surface area contributed by atoms with Gasteiger partial charge in [0.25, 0.3) is 5.91 Å². The highest BCUT2D eigenvalue weighted by atomic mass is 16.5. The van der Waals surface area contributed by atoms with Gasteiger partial charge in [0, 0.05) is 18.0 Å². The lowest BCUT2D eigenvalue weighted by Crippen LogP contribution is -2.17. The van der Waals surface area contributed by atoms with E-state index in [2.05, 4.69) is 39.6 Å². The zero-order valence-electron chi connectivity index (χ0n) is 15.2. The molecule has 0 fully saturated rings. The summed E-state index contributed by atoms with van der Waals surface area (Å²) >= 11 is 0. The Morgan fingerprint density at radius 2 is 2.00 bits per heavy atom. The zero-order valence-corrected chi connectivity index (χ0v) is 15.2. The molecule has 0 aliphatic carbocycles. The fourth-order valence-corrected chi connectivity index (χ4v) is 2.61. The summed E-state index contributed by atoms with van der Waals surface area (Å²) in [5, 5.41) is 9.73. The number of aryl methyl sites for hydroxylation is 2. The number of nitrogens with one attached hydrogen (secondary N) is 2. The highest BCUT2D eigenvalue weighted by molar-refractivity contribution is 6.03. The molecule has 7 nitrogen and oxygen atoms in total. The molecular weight excluding hydrogens is 330 g/mol. The van der Waals surface area contributed by atoms with Gasteiger partial charge in [0.2, 0.25) is 5.95 Å². The van der Waals surface area contributed by atoms with Crippen LogP contribution in [-0.2, 0) is 0 Å². The van der Waals surface area contributed by atoms with Gasteiger partial charge in [-0.25, -0.2) is 9.97 Å². The van der Waals surface area contributed by atoms with Crippen molar-refractivity contribution in [2.45, 2.75) is 33.6 Å². The van der Waals surface area contributed by atoms with Gasteiger partial charge in [-0.1, -0.05) is 37.2 Å². The third kappa shape index (κ3) is 3.88. The molecule has 0 saturated carbocycles. The van der Waals surface area contributed by atoms with Gasteiger partial charge in [-0.05, 0) is 37.0 Å². The fraction of sp³-hybridized carbons (Fsp3) is 0.263. The zero-order chi connectivity index (χ0) is 18.7. The first-order chi connectivity index (χ1) is 12.4. The molecule has 0 spiro atoms. The number of nitrogens with zero attached hydrogens (tertiary/aromatic N) is 3. The van der Waals surface area contributed by atoms with E-state index in [0.29, 0.717) is 17.5 Å². The minimum absolute atomic E-state index is 0.265. The number of anilines is 3. The largest absolute Gasteiger partial charge is 0.360 e. The molecule has 7 heteroatoms. The molecular formula is C19H21N5O2. The maximum absolute atomic E-state index is 12.7. The Hall–Kier alpha value is -3.22. The molecule has 0 atom stereocenters.